The van der Waals surface area contributed by atoms with E-state index in [1.54, 1.807) is 0 Å². The third kappa shape index (κ3) is 4.15. The highest BCUT2D eigenvalue weighted by Gasteiger charge is 2.08. The van der Waals surface area contributed by atoms with Gasteiger partial charge < -0.3 is 0 Å². The normalized spacial score (nSPS) is 17.4. The molecule has 0 bridgehead atoms. The second-order valence-corrected chi connectivity index (χ2v) is 5.46. The van der Waals surface area contributed by atoms with E-state index >= 15 is 0 Å². The Morgan fingerprint density at radius 2 is 1.61 bits per heavy atom. The first-order valence-corrected chi connectivity index (χ1v) is 7.22. The summed E-state index contributed by atoms with van der Waals surface area (Å²) in [6, 6.07) is 7.60. The predicted molar refractivity (Wildman–Crippen MR) is 79.8 cm³/mol. The highest BCUT2D eigenvalue weighted by atomic mass is 35.5. The zero-order valence-corrected chi connectivity index (χ0v) is 11.9. The van der Waals surface area contributed by atoms with Crippen LogP contribution in [-0.2, 0) is 0 Å². The van der Waals surface area contributed by atoms with Gasteiger partial charge in [-0.25, -0.2) is 4.58 Å². The van der Waals surface area contributed by atoms with Gasteiger partial charge in [0.05, 0.1) is 5.03 Å². The molecule has 1 heterocycles. The van der Waals surface area contributed by atoms with Crippen LogP contribution in [0.1, 0.15) is 31.2 Å². The van der Waals surface area contributed by atoms with Gasteiger partial charge in [-0.1, -0.05) is 35.3 Å². The van der Waals surface area contributed by atoms with Gasteiger partial charge in [0.15, 0.2) is 6.21 Å². The van der Waals surface area contributed by atoms with E-state index in [1.807, 2.05) is 30.3 Å². The third-order valence-corrected chi connectivity index (χ3v) is 3.79. The Balaban J connectivity index is 2.07. The number of allylic oxidation sites excluding steroid dienone is 1. The van der Waals surface area contributed by atoms with Gasteiger partial charge in [0.2, 0.25) is 0 Å². The molecule has 1 fully saturated rings. The maximum Gasteiger partial charge on any atom is 0.164 e. The van der Waals surface area contributed by atoms with E-state index in [1.165, 1.54) is 25.7 Å². The van der Waals surface area contributed by atoms with Crippen LogP contribution in [0.15, 0.2) is 30.3 Å². The standard InChI is InChI=1S/C15H18Cl2N/c16-14-7-5-13(6-8-14)15(17)9-12-18-10-3-1-2-4-11-18/h5-9,12H,1-4,10-11H2/q+1/b15-9-. The minimum atomic E-state index is 0.736. The van der Waals surface area contributed by atoms with Gasteiger partial charge in [-0.2, -0.15) is 0 Å². The summed E-state index contributed by atoms with van der Waals surface area (Å²) in [4.78, 5) is 0. The average molecular weight is 283 g/mol. The lowest BCUT2D eigenvalue weighted by Gasteiger charge is -1.99. The fourth-order valence-corrected chi connectivity index (χ4v) is 2.43. The molecule has 1 saturated heterocycles. The lowest BCUT2D eigenvalue weighted by atomic mass is 10.2. The Morgan fingerprint density at radius 3 is 2.22 bits per heavy atom. The average Bonchev–Trinajstić information content (AvgIpc) is 2.65. The molecule has 0 unspecified atom stereocenters. The smallest absolute Gasteiger partial charge is 0.164 e. The second-order valence-electron chi connectivity index (χ2n) is 4.62. The number of halogens is 2. The van der Waals surface area contributed by atoms with Crippen LogP contribution >= 0.6 is 23.2 Å². The molecule has 1 aliphatic rings. The van der Waals surface area contributed by atoms with Crippen molar-refractivity contribution in [3.63, 3.8) is 0 Å². The fraction of sp³-hybridized carbons (Fsp3) is 0.400. The van der Waals surface area contributed by atoms with Crippen molar-refractivity contribution in [3.05, 3.63) is 40.9 Å². The van der Waals surface area contributed by atoms with Crippen LogP contribution in [0.3, 0.4) is 0 Å². The number of rotatable bonds is 2. The van der Waals surface area contributed by atoms with Crippen molar-refractivity contribution in [1.29, 1.82) is 0 Å². The van der Waals surface area contributed by atoms with Crippen LogP contribution in [-0.4, -0.2) is 23.9 Å². The molecule has 0 saturated carbocycles. The summed E-state index contributed by atoms with van der Waals surface area (Å²) < 4.78 is 2.35. The van der Waals surface area contributed by atoms with Gasteiger partial charge in [-0.3, -0.25) is 0 Å². The maximum atomic E-state index is 6.28. The van der Waals surface area contributed by atoms with Crippen LogP contribution in [0.4, 0.5) is 0 Å². The molecule has 96 valence electrons. The highest BCUT2D eigenvalue weighted by Crippen LogP contribution is 2.20. The van der Waals surface area contributed by atoms with Gasteiger partial charge in [-0.15, -0.1) is 0 Å². The third-order valence-electron chi connectivity index (χ3n) is 3.19. The lowest BCUT2D eigenvalue weighted by Crippen LogP contribution is -2.13. The van der Waals surface area contributed by atoms with Crippen molar-refractivity contribution in [2.75, 3.05) is 13.1 Å². The van der Waals surface area contributed by atoms with Gasteiger partial charge in [0.25, 0.3) is 0 Å². The first kappa shape index (κ1) is 13.6. The van der Waals surface area contributed by atoms with E-state index in [2.05, 4.69) is 10.8 Å². The summed E-state index contributed by atoms with van der Waals surface area (Å²) in [6.45, 7) is 2.28. The van der Waals surface area contributed by atoms with Crippen LogP contribution in [0.5, 0.6) is 0 Å². The maximum absolute atomic E-state index is 6.28. The molecule has 1 aliphatic heterocycles. The van der Waals surface area contributed by atoms with Gasteiger partial charge in [0.1, 0.15) is 13.1 Å². The molecule has 0 aliphatic carbocycles. The Hall–Kier alpha value is -0.790. The molecule has 0 radical (unpaired) electrons. The first-order chi connectivity index (χ1) is 8.75. The Labute approximate surface area is 119 Å². The monoisotopic (exact) mass is 282 g/mol. The first-order valence-electron chi connectivity index (χ1n) is 6.46. The van der Waals surface area contributed by atoms with E-state index in [0.717, 1.165) is 28.7 Å². The summed E-state index contributed by atoms with van der Waals surface area (Å²) >= 11 is 12.1. The zero-order valence-electron chi connectivity index (χ0n) is 10.4. The number of hydrogen-bond acceptors (Lipinski definition) is 0. The SMILES string of the molecule is Cl/C(=C\C=[N+]1CCCCCC1)c1ccc(Cl)cc1. The molecular formula is C15H18Cl2N+. The van der Waals surface area contributed by atoms with E-state index in [0.29, 0.717) is 0 Å². The van der Waals surface area contributed by atoms with Gasteiger partial charge >= 0.3 is 0 Å². The topological polar surface area (TPSA) is 3.01 Å². The Bertz CT molecular complexity index is 436. The van der Waals surface area contributed by atoms with Crippen LogP contribution < -0.4 is 0 Å². The molecule has 3 heteroatoms. The Kier molecular flexibility index (Phi) is 5.27. The van der Waals surface area contributed by atoms with E-state index in [-0.39, 0.29) is 0 Å². The molecule has 0 spiro atoms. The summed E-state index contributed by atoms with van der Waals surface area (Å²) in [7, 11) is 0. The second kappa shape index (κ2) is 6.96. The van der Waals surface area contributed by atoms with Gasteiger partial charge in [0, 0.05) is 23.9 Å². The number of benzene rings is 1. The van der Waals surface area contributed by atoms with Crippen molar-refractivity contribution < 1.29 is 4.58 Å². The number of nitrogens with zero attached hydrogens (tertiary/aromatic N) is 1. The molecule has 1 aromatic carbocycles. The largest absolute Gasteiger partial charge is 0.236 e. The zero-order chi connectivity index (χ0) is 12.8. The molecule has 0 aromatic heterocycles. The van der Waals surface area contributed by atoms with Crippen LogP contribution in [0.25, 0.3) is 5.03 Å². The lowest BCUT2D eigenvalue weighted by molar-refractivity contribution is -0.520. The molecule has 18 heavy (non-hydrogen) atoms. The fourth-order valence-electron chi connectivity index (χ4n) is 2.12. The molecule has 1 nitrogen and oxygen atoms in total. The van der Waals surface area contributed by atoms with Crippen molar-refractivity contribution in [2.24, 2.45) is 0 Å². The molecular weight excluding hydrogens is 265 g/mol. The molecule has 2 rings (SSSR count). The van der Waals surface area contributed by atoms with E-state index in [9.17, 15) is 0 Å². The summed E-state index contributed by atoms with van der Waals surface area (Å²) in [6.07, 6.45) is 9.35. The Morgan fingerprint density at radius 1 is 1.00 bits per heavy atom. The van der Waals surface area contributed by atoms with Gasteiger partial charge in [-0.05, 0) is 30.5 Å². The van der Waals surface area contributed by atoms with Crippen molar-refractivity contribution >= 4 is 34.4 Å². The van der Waals surface area contributed by atoms with Crippen LogP contribution in [0, 0.1) is 0 Å². The molecule has 0 atom stereocenters. The molecule has 0 amide bonds. The minimum absolute atomic E-state index is 0.736. The highest BCUT2D eigenvalue weighted by molar-refractivity contribution is 6.49. The van der Waals surface area contributed by atoms with E-state index in [4.69, 9.17) is 23.2 Å². The van der Waals surface area contributed by atoms with Crippen molar-refractivity contribution in [1.82, 2.24) is 0 Å². The van der Waals surface area contributed by atoms with Crippen molar-refractivity contribution in [3.8, 4) is 0 Å². The summed E-state index contributed by atoms with van der Waals surface area (Å²) in [5, 5.41) is 1.50. The quantitative estimate of drug-likeness (QED) is 0.699. The number of hydrogen-bond donors (Lipinski definition) is 0. The molecule has 0 N–H and O–H groups in total. The van der Waals surface area contributed by atoms with Crippen molar-refractivity contribution in [2.45, 2.75) is 25.7 Å². The minimum Gasteiger partial charge on any atom is -0.236 e. The van der Waals surface area contributed by atoms with E-state index < -0.39 is 0 Å². The van der Waals surface area contributed by atoms with Crippen LogP contribution in [0.2, 0.25) is 5.02 Å². The predicted octanol–water partition coefficient (Wildman–Crippen LogP) is 4.58. The summed E-state index contributed by atoms with van der Waals surface area (Å²) in [5.41, 5.74) is 1.01. The molecule has 1 aromatic rings. The summed E-state index contributed by atoms with van der Waals surface area (Å²) in [5.74, 6) is 0.